The standard InChI is InChI=1S/C16H12F6N2/c1-3-10(2)24-9-23-8-14(24)11-6-12(15(17,18)19)4-5-13(7-11)16(20,21)22/h3-4,6-9H,1-2,5H2. The first-order chi connectivity index (χ1) is 11.0. The summed E-state index contributed by atoms with van der Waals surface area (Å²) in [6.45, 7) is 7.10. The van der Waals surface area contributed by atoms with Gasteiger partial charge in [0.25, 0.3) is 0 Å². The van der Waals surface area contributed by atoms with E-state index >= 15 is 0 Å². The highest BCUT2D eigenvalue weighted by Crippen LogP contribution is 2.38. The van der Waals surface area contributed by atoms with E-state index in [2.05, 4.69) is 18.1 Å². The first kappa shape index (κ1) is 17.8. The maximum Gasteiger partial charge on any atom is 0.416 e. The predicted molar refractivity (Wildman–Crippen MR) is 78.6 cm³/mol. The van der Waals surface area contributed by atoms with E-state index in [4.69, 9.17) is 0 Å². The van der Waals surface area contributed by atoms with Gasteiger partial charge in [-0.3, -0.25) is 4.57 Å². The third-order valence-electron chi connectivity index (χ3n) is 3.35. The molecule has 2 rings (SSSR count). The summed E-state index contributed by atoms with van der Waals surface area (Å²) >= 11 is 0. The molecule has 0 saturated carbocycles. The van der Waals surface area contributed by atoms with E-state index < -0.39 is 29.9 Å². The molecule has 0 bridgehead atoms. The zero-order valence-corrected chi connectivity index (χ0v) is 12.2. The fourth-order valence-electron chi connectivity index (χ4n) is 2.11. The van der Waals surface area contributed by atoms with Crippen molar-refractivity contribution in [3.63, 3.8) is 0 Å². The second-order valence-electron chi connectivity index (χ2n) is 4.97. The number of allylic oxidation sites excluding steroid dienone is 8. The van der Waals surface area contributed by atoms with Crippen molar-refractivity contribution in [2.24, 2.45) is 0 Å². The van der Waals surface area contributed by atoms with Crippen LogP contribution >= 0.6 is 0 Å². The van der Waals surface area contributed by atoms with Gasteiger partial charge in [-0.1, -0.05) is 19.2 Å². The van der Waals surface area contributed by atoms with E-state index in [0.29, 0.717) is 18.2 Å². The number of hydrogen-bond acceptors (Lipinski definition) is 1. The van der Waals surface area contributed by atoms with Crippen molar-refractivity contribution in [3.8, 4) is 0 Å². The van der Waals surface area contributed by atoms with Gasteiger partial charge in [0.1, 0.15) is 0 Å². The summed E-state index contributed by atoms with van der Waals surface area (Å²) in [4.78, 5) is 3.77. The Hall–Kier alpha value is -2.51. The maximum atomic E-state index is 13.0. The van der Waals surface area contributed by atoms with E-state index in [1.54, 1.807) is 0 Å². The first-order valence-corrected chi connectivity index (χ1v) is 6.65. The second kappa shape index (κ2) is 6.18. The molecule has 0 aliphatic heterocycles. The van der Waals surface area contributed by atoms with Gasteiger partial charge >= 0.3 is 12.4 Å². The van der Waals surface area contributed by atoms with Crippen molar-refractivity contribution in [3.05, 3.63) is 66.8 Å². The topological polar surface area (TPSA) is 17.8 Å². The molecule has 0 amide bonds. The van der Waals surface area contributed by atoms with Crippen molar-refractivity contribution < 1.29 is 26.3 Å². The van der Waals surface area contributed by atoms with Crippen molar-refractivity contribution in [2.45, 2.75) is 18.8 Å². The molecule has 0 aromatic carbocycles. The van der Waals surface area contributed by atoms with Gasteiger partial charge in [-0.05, 0) is 24.6 Å². The van der Waals surface area contributed by atoms with E-state index in [1.807, 2.05) is 0 Å². The monoisotopic (exact) mass is 346 g/mol. The fraction of sp³-hybridized carbons (Fsp3) is 0.188. The minimum atomic E-state index is -4.76. The normalized spacial score (nSPS) is 16.0. The molecule has 8 heteroatoms. The van der Waals surface area contributed by atoms with Gasteiger partial charge in [-0.15, -0.1) is 0 Å². The molecule has 1 aromatic rings. The lowest BCUT2D eigenvalue weighted by molar-refractivity contribution is -0.0945. The summed E-state index contributed by atoms with van der Waals surface area (Å²) in [5.74, 6) is 0. The van der Waals surface area contributed by atoms with Gasteiger partial charge in [0, 0.05) is 16.8 Å². The highest BCUT2D eigenvalue weighted by atomic mass is 19.4. The smallest absolute Gasteiger partial charge is 0.300 e. The Morgan fingerprint density at radius 1 is 1.12 bits per heavy atom. The molecule has 128 valence electrons. The van der Waals surface area contributed by atoms with E-state index in [0.717, 1.165) is 0 Å². The van der Waals surface area contributed by atoms with Crippen molar-refractivity contribution >= 4 is 11.3 Å². The Labute approximate surface area is 133 Å². The maximum absolute atomic E-state index is 13.0. The van der Waals surface area contributed by atoms with Crippen molar-refractivity contribution in [1.82, 2.24) is 9.55 Å². The summed E-state index contributed by atoms with van der Waals surface area (Å²) in [5, 5.41) is 0. The Balaban J connectivity index is 2.64. The molecule has 1 aromatic heterocycles. The van der Waals surface area contributed by atoms with E-state index in [-0.39, 0.29) is 17.0 Å². The van der Waals surface area contributed by atoms with Gasteiger partial charge in [0.15, 0.2) is 0 Å². The van der Waals surface area contributed by atoms with Crippen LogP contribution in [0.4, 0.5) is 26.3 Å². The summed E-state index contributed by atoms with van der Waals surface area (Å²) in [6.07, 6.45) is -4.76. The number of aromatic nitrogens is 2. The van der Waals surface area contributed by atoms with Crippen LogP contribution in [-0.4, -0.2) is 21.9 Å². The largest absolute Gasteiger partial charge is 0.416 e. The number of alkyl halides is 6. The molecular weight excluding hydrogens is 334 g/mol. The lowest BCUT2D eigenvalue weighted by Crippen LogP contribution is -2.12. The molecule has 0 spiro atoms. The molecule has 1 heterocycles. The Morgan fingerprint density at radius 3 is 2.33 bits per heavy atom. The van der Waals surface area contributed by atoms with Crippen molar-refractivity contribution in [1.29, 1.82) is 0 Å². The fourth-order valence-corrected chi connectivity index (χ4v) is 2.11. The Bertz CT molecular complexity index is 756. The summed E-state index contributed by atoms with van der Waals surface area (Å²) in [7, 11) is 0. The van der Waals surface area contributed by atoms with Crippen molar-refractivity contribution in [2.75, 3.05) is 0 Å². The molecule has 0 N–H and O–H groups in total. The summed E-state index contributed by atoms with van der Waals surface area (Å²) in [6, 6.07) is 0. The summed E-state index contributed by atoms with van der Waals surface area (Å²) < 4.78 is 79.4. The molecule has 0 atom stereocenters. The zero-order valence-electron chi connectivity index (χ0n) is 12.2. The first-order valence-electron chi connectivity index (χ1n) is 6.65. The molecule has 0 saturated heterocycles. The molecule has 0 fully saturated rings. The van der Waals surface area contributed by atoms with Crippen LogP contribution in [0.2, 0.25) is 0 Å². The lowest BCUT2D eigenvalue weighted by Gasteiger charge is -2.12. The number of imidazole rings is 1. The predicted octanol–water partition coefficient (Wildman–Crippen LogP) is 5.30. The average Bonchev–Trinajstić information content (AvgIpc) is 2.82. The van der Waals surface area contributed by atoms with Crippen LogP contribution in [0.15, 0.2) is 61.1 Å². The lowest BCUT2D eigenvalue weighted by atomic mass is 10.1. The SMILES string of the molecule is C=CC(=C)n1cncc1C1=CC(C(F)(F)F)=CCC(C(F)(F)F)=C1. The Morgan fingerprint density at radius 2 is 1.79 bits per heavy atom. The van der Waals surface area contributed by atoms with Crippen LogP contribution in [0.25, 0.3) is 11.3 Å². The third-order valence-corrected chi connectivity index (χ3v) is 3.35. The average molecular weight is 346 g/mol. The highest BCUT2D eigenvalue weighted by Gasteiger charge is 2.37. The molecular formula is C16H12F6N2. The molecule has 24 heavy (non-hydrogen) atoms. The van der Waals surface area contributed by atoms with Crippen LogP contribution in [0.5, 0.6) is 0 Å². The Kier molecular flexibility index (Phi) is 4.59. The van der Waals surface area contributed by atoms with Crippen LogP contribution in [0.3, 0.4) is 0 Å². The van der Waals surface area contributed by atoms with Gasteiger partial charge in [-0.25, -0.2) is 4.98 Å². The number of rotatable bonds is 3. The summed E-state index contributed by atoms with van der Waals surface area (Å²) in [5.41, 5.74) is -2.16. The number of hydrogen-bond donors (Lipinski definition) is 0. The molecule has 1 aliphatic carbocycles. The van der Waals surface area contributed by atoms with Crippen LogP contribution in [-0.2, 0) is 0 Å². The van der Waals surface area contributed by atoms with Crippen LogP contribution < -0.4 is 0 Å². The van der Waals surface area contributed by atoms with Gasteiger partial charge in [0.05, 0.1) is 23.8 Å². The second-order valence-corrected chi connectivity index (χ2v) is 4.97. The van der Waals surface area contributed by atoms with Gasteiger partial charge in [0.2, 0.25) is 0 Å². The van der Waals surface area contributed by atoms with E-state index in [9.17, 15) is 26.3 Å². The van der Waals surface area contributed by atoms with Crippen LogP contribution in [0, 0.1) is 0 Å². The van der Waals surface area contributed by atoms with Gasteiger partial charge in [-0.2, -0.15) is 26.3 Å². The number of nitrogens with zero attached hydrogens (tertiary/aromatic N) is 2. The minimum absolute atomic E-state index is 0.0544. The van der Waals surface area contributed by atoms with Gasteiger partial charge < -0.3 is 0 Å². The zero-order chi connectivity index (χ0) is 18.1. The quantitative estimate of drug-likeness (QED) is 0.536. The molecule has 1 aliphatic rings. The van der Waals surface area contributed by atoms with E-state index in [1.165, 1.54) is 23.2 Å². The molecule has 0 radical (unpaired) electrons. The molecule has 0 unspecified atom stereocenters. The third kappa shape index (κ3) is 3.69. The molecule has 2 nitrogen and oxygen atoms in total. The highest BCUT2D eigenvalue weighted by molar-refractivity contribution is 5.78. The van der Waals surface area contributed by atoms with Crippen LogP contribution in [0.1, 0.15) is 12.1 Å². The number of halogens is 6. The minimum Gasteiger partial charge on any atom is -0.300 e.